The third-order valence-electron chi connectivity index (χ3n) is 2.39. The predicted octanol–water partition coefficient (Wildman–Crippen LogP) is 2.11. The number of rotatable bonds is 3. The number of hydrogen-bond donors (Lipinski definition) is 1. The van der Waals surface area contributed by atoms with Gasteiger partial charge < -0.3 is 0 Å². The molecule has 0 saturated heterocycles. The lowest BCUT2D eigenvalue weighted by Crippen LogP contribution is -2.15. The largest absolute Gasteiger partial charge is 0.276 e. The minimum atomic E-state index is -3.95. The Bertz CT molecular complexity index is 799. The van der Waals surface area contributed by atoms with Gasteiger partial charge in [0, 0.05) is 12.4 Å². The highest BCUT2D eigenvalue weighted by atomic mass is 35.5. The Balaban J connectivity index is 2.47. The van der Waals surface area contributed by atoms with Gasteiger partial charge in [-0.15, -0.1) is 0 Å². The Hall–Kier alpha value is -2.17. The summed E-state index contributed by atoms with van der Waals surface area (Å²) in [5.74, 6) is 0. The minimum Gasteiger partial charge on any atom is -0.276 e. The van der Waals surface area contributed by atoms with E-state index >= 15 is 0 Å². The molecular weight excluding hydrogens is 300 g/mol. The number of pyridine rings is 2. The van der Waals surface area contributed by atoms with Crippen LogP contribution in [-0.2, 0) is 10.0 Å². The normalized spacial score (nSPS) is 10.8. The fourth-order valence-corrected chi connectivity index (χ4v) is 2.89. The van der Waals surface area contributed by atoms with Crippen molar-refractivity contribution in [2.24, 2.45) is 0 Å². The van der Waals surface area contributed by atoms with E-state index in [1.54, 1.807) is 19.1 Å². The van der Waals surface area contributed by atoms with Gasteiger partial charge in [-0.1, -0.05) is 11.6 Å². The summed E-state index contributed by atoms with van der Waals surface area (Å²) >= 11 is 5.84. The van der Waals surface area contributed by atoms with Crippen LogP contribution in [0.4, 0.5) is 5.69 Å². The molecule has 2 rings (SSSR count). The van der Waals surface area contributed by atoms with Gasteiger partial charge >= 0.3 is 0 Å². The minimum absolute atomic E-state index is 0.0292. The maximum absolute atomic E-state index is 12.3. The van der Waals surface area contributed by atoms with Crippen molar-refractivity contribution in [3.63, 3.8) is 0 Å². The van der Waals surface area contributed by atoms with E-state index in [1.165, 1.54) is 24.5 Å². The lowest BCUT2D eigenvalue weighted by Gasteiger charge is -2.10. The second-order valence-corrected chi connectivity index (χ2v) is 5.93. The van der Waals surface area contributed by atoms with Crippen LogP contribution in [0.2, 0.25) is 5.15 Å². The highest BCUT2D eigenvalue weighted by Gasteiger charge is 2.20. The zero-order valence-electron chi connectivity index (χ0n) is 10.3. The van der Waals surface area contributed by atoms with E-state index in [1.807, 2.05) is 0 Å². The lowest BCUT2D eigenvalue weighted by molar-refractivity contribution is 0.600. The molecule has 0 amide bonds. The maximum Gasteiger partial charge on any atom is 0.264 e. The maximum atomic E-state index is 12.3. The highest BCUT2D eigenvalue weighted by molar-refractivity contribution is 7.92. The van der Waals surface area contributed by atoms with Gasteiger partial charge in [-0.25, -0.2) is 18.4 Å². The van der Waals surface area contributed by atoms with E-state index in [4.69, 9.17) is 16.9 Å². The molecule has 0 bridgehead atoms. The third kappa shape index (κ3) is 2.87. The summed E-state index contributed by atoms with van der Waals surface area (Å²) in [6, 6.07) is 6.02. The number of halogens is 1. The molecule has 0 spiro atoms. The molecule has 0 radical (unpaired) electrons. The molecule has 102 valence electrons. The summed E-state index contributed by atoms with van der Waals surface area (Å²) in [5.41, 5.74) is 0.718. The molecule has 2 heterocycles. The zero-order chi connectivity index (χ0) is 14.8. The molecule has 0 aliphatic carbocycles. The van der Waals surface area contributed by atoms with Gasteiger partial charge in [0.2, 0.25) is 0 Å². The van der Waals surface area contributed by atoms with Gasteiger partial charge in [-0.3, -0.25) is 4.72 Å². The van der Waals surface area contributed by atoms with Crippen LogP contribution in [0.3, 0.4) is 0 Å². The van der Waals surface area contributed by atoms with Gasteiger partial charge in [-0.05, 0) is 30.7 Å². The van der Waals surface area contributed by atoms with Gasteiger partial charge in [0.1, 0.15) is 11.0 Å². The van der Waals surface area contributed by atoms with Crippen molar-refractivity contribution in [2.45, 2.75) is 11.8 Å². The van der Waals surface area contributed by atoms with Crippen LogP contribution >= 0.6 is 11.6 Å². The lowest BCUT2D eigenvalue weighted by atomic mass is 10.3. The van der Waals surface area contributed by atoms with E-state index in [9.17, 15) is 8.42 Å². The van der Waals surface area contributed by atoms with Crippen molar-refractivity contribution in [3.8, 4) is 6.07 Å². The average molecular weight is 309 g/mol. The molecule has 8 heteroatoms. The molecule has 0 aliphatic heterocycles. The van der Waals surface area contributed by atoms with Crippen molar-refractivity contribution in [2.75, 3.05) is 4.72 Å². The smallest absolute Gasteiger partial charge is 0.264 e. The van der Waals surface area contributed by atoms with Crippen LogP contribution in [0.25, 0.3) is 0 Å². The summed E-state index contributed by atoms with van der Waals surface area (Å²) in [6.07, 6.45) is 2.86. The first-order valence-corrected chi connectivity index (χ1v) is 7.30. The Morgan fingerprint density at radius 3 is 2.85 bits per heavy atom. The molecule has 0 aliphatic rings. The summed E-state index contributed by atoms with van der Waals surface area (Å²) in [4.78, 5) is 7.36. The summed E-state index contributed by atoms with van der Waals surface area (Å²) in [5, 5.41) is 8.93. The number of nitrogens with zero attached hydrogens (tertiary/aromatic N) is 3. The molecule has 0 fully saturated rings. The Morgan fingerprint density at radius 1 is 1.40 bits per heavy atom. The molecule has 0 saturated carbocycles. The van der Waals surface area contributed by atoms with E-state index < -0.39 is 10.0 Å². The number of hydrogen-bond acceptors (Lipinski definition) is 5. The standard InChI is InChI=1S/C12H9ClN4O2S/c1-8-5-9(12(13)16-7-8)17-20(18,19)11-3-2-4-15-10(11)6-14/h2-5,7,17H,1H3. The number of nitrogens with one attached hydrogen (secondary N) is 1. The number of nitriles is 1. The molecule has 1 N–H and O–H groups in total. The highest BCUT2D eigenvalue weighted by Crippen LogP contribution is 2.24. The first-order valence-electron chi connectivity index (χ1n) is 5.44. The number of aryl methyl sites for hydroxylation is 1. The molecule has 0 aromatic carbocycles. The van der Waals surface area contributed by atoms with Crippen LogP contribution in [0, 0.1) is 18.3 Å². The van der Waals surface area contributed by atoms with Crippen LogP contribution in [0.1, 0.15) is 11.3 Å². The van der Waals surface area contributed by atoms with Crippen LogP contribution in [0.15, 0.2) is 35.5 Å². The van der Waals surface area contributed by atoms with E-state index in [0.29, 0.717) is 0 Å². The van der Waals surface area contributed by atoms with Gasteiger partial charge in [0.15, 0.2) is 10.8 Å². The number of aromatic nitrogens is 2. The predicted molar refractivity (Wildman–Crippen MR) is 73.7 cm³/mol. The Labute approximate surface area is 121 Å². The number of sulfonamides is 1. The van der Waals surface area contributed by atoms with Gasteiger partial charge in [0.25, 0.3) is 10.0 Å². The Morgan fingerprint density at radius 2 is 2.15 bits per heavy atom. The third-order valence-corrected chi connectivity index (χ3v) is 4.08. The van der Waals surface area contributed by atoms with Crippen LogP contribution in [-0.4, -0.2) is 18.4 Å². The van der Waals surface area contributed by atoms with Crippen molar-refractivity contribution in [1.29, 1.82) is 5.26 Å². The second kappa shape index (κ2) is 5.45. The van der Waals surface area contributed by atoms with E-state index in [-0.39, 0.29) is 21.4 Å². The molecule has 20 heavy (non-hydrogen) atoms. The summed E-state index contributed by atoms with van der Waals surface area (Å²) in [7, 11) is -3.95. The SMILES string of the molecule is Cc1cnc(Cl)c(NS(=O)(=O)c2cccnc2C#N)c1. The fourth-order valence-electron chi connectivity index (χ4n) is 1.52. The average Bonchev–Trinajstić information content (AvgIpc) is 2.42. The van der Waals surface area contributed by atoms with Crippen molar-refractivity contribution >= 4 is 27.3 Å². The monoisotopic (exact) mass is 308 g/mol. The molecular formula is C12H9ClN4O2S. The fraction of sp³-hybridized carbons (Fsp3) is 0.0833. The zero-order valence-corrected chi connectivity index (χ0v) is 11.9. The summed E-state index contributed by atoms with van der Waals surface area (Å²) in [6.45, 7) is 1.76. The second-order valence-electron chi connectivity index (χ2n) is 3.92. The van der Waals surface area contributed by atoms with Crippen molar-refractivity contribution < 1.29 is 8.42 Å². The van der Waals surface area contributed by atoms with Crippen LogP contribution < -0.4 is 4.72 Å². The first kappa shape index (κ1) is 14.2. The Kier molecular flexibility index (Phi) is 3.88. The molecule has 6 nitrogen and oxygen atoms in total. The number of anilines is 1. The van der Waals surface area contributed by atoms with Crippen molar-refractivity contribution in [1.82, 2.24) is 9.97 Å². The van der Waals surface area contributed by atoms with Crippen LogP contribution in [0.5, 0.6) is 0 Å². The first-order chi connectivity index (χ1) is 9.44. The molecule has 0 unspecified atom stereocenters. The summed E-state index contributed by atoms with van der Waals surface area (Å²) < 4.78 is 26.8. The molecule has 2 aromatic rings. The van der Waals surface area contributed by atoms with E-state index in [2.05, 4.69) is 14.7 Å². The molecule has 0 atom stereocenters. The van der Waals surface area contributed by atoms with Gasteiger partial charge in [-0.2, -0.15) is 5.26 Å². The quantitative estimate of drug-likeness (QED) is 0.876. The molecule has 2 aromatic heterocycles. The van der Waals surface area contributed by atoms with E-state index in [0.717, 1.165) is 5.56 Å². The van der Waals surface area contributed by atoms with Gasteiger partial charge in [0.05, 0.1) is 5.69 Å². The van der Waals surface area contributed by atoms with Crippen molar-refractivity contribution in [3.05, 3.63) is 47.0 Å². The topological polar surface area (TPSA) is 95.7 Å².